The Morgan fingerprint density at radius 2 is 1.50 bits per heavy atom. The Kier molecular flexibility index (Phi) is 2.99. The molecule has 0 spiro atoms. The highest BCUT2D eigenvalue weighted by molar-refractivity contribution is 5.74. The van der Waals surface area contributed by atoms with Crippen LogP contribution in [0.15, 0.2) is 6.08 Å². The van der Waals surface area contributed by atoms with Crippen molar-refractivity contribution in [3.05, 3.63) is 40.5 Å². The molecule has 0 atom stereocenters. The van der Waals surface area contributed by atoms with Crippen LogP contribution in [0, 0.1) is 28.7 Å². The van der Waals surface area contributed by atoms with Crippen molar-refractivity contribution in [2.45, 2.75) is 33.6 Å². The van der Waals surface area contributed by atoms with E-state index in [1.165, 1.54) is 0 Å². The molecule has 0 aromatic heterocycles. The van der Waals surface area contributed by atoms with Gasteiger partial charge >= 0.3 is 0 Å². The first-order chi connectivity index (χ1) is 8.22. The predicted molar refractivity (Wildman–Crippen MR) is 62.0 cm³/mol. The minimum atomic E-state index is -1.73. The first-order valence-corrected chi connectivity index (χ1v) is 5.76. The van der Waals surface area contributed by atoms with Crippen molar-refractivity contribution in [2.24, 2.45) is 5.41 Å². The van der Waals surface area contributed by atoms with Gasteiger partial charge in [-0.15, -0.1) is 0 Å². The quantitative estimate of drug-likeness (QED) is 0.392. The number of hydrogen-bond donors (Lipinski definition) is 0. The van der Waals surface area contributed by atoms with Crippen LogP contribution in [0.1, 0.15) is 38.3 Å². The maximum atomic E-state index is 13.7. The highest BCUT2D eigenvalue weighted by Gasteiger charge is 2.30. The van der Waals surface area contributed by atoms with Gasteiger partial charge in [0, 0.05) is 11.1 Å². The molecule has 0 bridgehead atoms. The van der Waals surface area contributed by atoms with Gasteiger partial charge in [-0.05, 0) is 23.8 Å². The largest absolute Gasteiger partial charge is 0.203 e. The number of benzene rings is 1. The van der Waals surface area contributed by atoms with Gasteiger partial charge in [-0.25, -0.2) is 17.6 Å². The molecule has 0 nitrogen and oxygen atoms in total. The highest BCUT2D eigenvalue weighted by atomic mass is 19.2. The van der Waals surface area contributed by atoms with Crippen LogP contribution < -0.4 is 0 Å². The van der Waals surface area contributed by atoms with Crippen LogP contribution >= 0.6 is 0 Å². The van der Waals surface area contributed by atoms with E-state index in [1.807, 2.05) is 20.8 Å². The smallest absolute Gasteiger partial charge is 0.198 e. The fourth-order valence-electron chi connectivity index (χ4n) is 2.26. The molecule has 98 valence electrons. The second kappa shape index (κ2) is 4.11. The standard InChI is InChI=1S/C14H14F4/c1-14(2,3)6-7-4-5-8-9(7)11(16)13(18)12(17)10(8)15/h4H,5-6H2,1-3H3. The van der Waals surface area contributed by atoms with Crippen LogP contribution in [0.5, 0.6) is 0 Å². The number of rotatable bonds is 1. The molecule has 18 heavy (non-hydrogen) atoms. The Morgan fingerprint density at radius 1 is 0.944 bits per heavy atom. The second-order valence-corrected chi connectivity index (χ2v) is 5.78. The van der Waals surface area contributed by atoms with E-state index in [2.05, 4.69) is 0 Å². The highest BCUT2D eigenvalue weighted by Crippen LogP contribution is 2.40. The lowest BCUT2D eigenvalue weighted by Crippen LogP contribution is -2.09. The van der Waals surface area contributed by atoms with Crippen molar-refractivity contribution in [1.82, 2.24) is 0 Å². The molecule has 0 aliphatic heterocycles. The van der Waals surface area contributed by atoms with Crippen molar-refractivity contribution < 1.29 is 17.6 Å². The summed E-state index contributed by atoms with van der Waals surface area (Å²) in [6, 6.07) is 0. The summed E-state index contributed by atoms with van der Waals surface area (Å²) in [4.78, 5) is 0. The van der Waals surface area contributed by atoms with Crippen LogP contribution in [0.2, 0.25) is 0 Å². The Balaban J connectivity index is 2.55. The summed E-state index contributed by atoms with van der Waals surface area (Å²) in [6.45, 7) is 5.83. The Hall–Kier alpha value is -1.32. The Morgan fingerprint density at radius 3 is 2.06 bits per heavy atom. The van der Waals surface area contributed by atoms with E-state index in [4.69, 9.17) is 0 Å². The van der Waals surface area contributed by atoms with Gasteiger partial charge in [0.2, 0.25) is 0 Å². The van der Waals surface area contributed by atoms with Crippen molar-refractivity contribution in [2.75, 3.05) is 0 Å². The molecule has 0 saturated carbocycles. The molecule has 0 unspecified atom stereocenters. The normalized spacial score (nSPS) is 14.7. The third-order valence-electron chi connectivity index (χ3n) is 2.96. The zero-order valence-electron chi connectivity index (χ0n) is 10.5. The van der Waals surface area contributed by atoms with E-state index in [0.29, 0.717) is 12.0 Å². The predicted octanol–water partition coefficient (Wildman–Crippen LogP) is 4.62. The zero-order chi connectivity index (χ0) is 13.7. The molecular weight excluding hydrogens is 244 g/mol. The Bertz CT molecular complexity index is 536. The topological polar surface area (TPSA) is 0 Å². The summed E-state index contributed by atoms with van der Waals surface area (Å²) in [5, 5.41) is 0. The number of halogens is 4. The third kappa shape index (κ3) is 2.04. The van der Waals surface area contributed by atoms with Gasteiger partial charge in [-0.1, -0.05) is 26.8 Å². The molecule has 4 heteroatoms. The monoisotopic (exact) mass is 258 g/mol. The van der Waals surface area contributed by atoms with Gasteiger partial charge in [-0.3, -0.25) is 0 Å². The van der Waals surface area contributed by atoms with Gasteiger partial charge in [-0.2, -0.15) is 0 Å². The van der Waals surface area contributed by atoms with Crippen LogP contribution in [0.3, 0.4) is 0 Å². The Labute approximate surface area is 103 Å². The van der Waals surface area contributed by atoms with Gasteiger partial charge < -0.3 is 0 Å². The molecule has 2 rings (SSSR count). The average molecular weight is 258 g/mol. The summed E-state index contributed by atoms with van der Waals surface area (Å²) < 4.78 is 53.6. The summed E-state index contributed by atoms with van der Waals surface area (Å²) in [5.41, 5.74) is 0.237. The molecule has 0 amide bonds. The second-order valence-electron chi connectivity index (χ2n) is 5.78. The molecule has 1 aliphatic rings. The molecule has 0 N–H and O–H groups in total. The van der Waals surface area contributed by atoms with Crippen LogP contribution in [0.4, 0.5) is 17.6 Å². The molecule has 0 radical (unpaired) electrons. The maximum absolute atomic E-state index is 13.7. The van der Waals surface area contributed by atoms with E-state index in [1.54, 1.807) is 6.08 Å². The van der Waals surface area contributed by atoms with Gasteiger partial charge in [0.25, 0.3) is 0 Å². The fraction of sp³-hybridized carbons (Fsp3) is 0.429. The van der Waals surface area contributed by atoms with Gasteiger partial charge in [0.15, 0.2) is 23.3 Å². The molecule has 1 aromatic carbocycles. The summed E-state index contributed by atoms with van der Waals surface area (Å²) in [6.07, 6.45) is 2.24. The fourth-order valence-corrected chi connectivity index (χ4v) is 2.26. The van der Waals surface area contributed by atoms with Crippen LogP contribution in [-0.2, 0) is 6.42 Å². The SMILES string of the molecule is CC(C)(C)CC1=CCc2c(F)c(F)c(F)c(F)c21. The van der Waals surface area contributed by atoms with Crippen LogP contribution in [-0.4, -0.2) is 0 Å². The zero-order valence-corrected chi connectivity index (χ0v) is 10.5. The minimum Gasteiger partial charge on any atom is -0.203 e. The minimum absolute atomic E-state index is 0.0781. The number of allylic oxidation sites excluding steroid dienone is 2. The molecule has 1 aromatic rings. The van der Waals surface area contributed by atoms with Crippen molar-refractivity contribution in [3.63, 3.8) is 0 Å². The first kappa shape index (κ1) is 13.1. The molecule has 0 heterocycles. The molecule has 1 aliphatic carbocycles. The lowest BCUT2D eigenvalue weighted by molar-refractivity contribution is 0.401. The number of fused-ring (bicyclic) bond motifs is 1. The van der Waals surface area contributed by atoms with Crippen LogP contribution in [0.25, 0.3) is 5.57 Å². The van der Waals surface area contributed by atoms with E-state index < -0.39 is 23.3 Å². The van der Waals surface area contributed by atoms with Gasteiger partial charge in [0.05, 0.1) is 0 Å². The van der Waals surface area contributed by atoms with E-state index in [9.17, 15) is 17.6 Å². The first-order valence-electron chi connectivity index (χ1n) is 5.76. The molecular formula is C14H14F4. The third-order valence-corrected chi connectivity index (χ3v) is 2.96. The van der Waals surface area contributed by atoms with Crippen molar-refractivity contribution >= 4 is 5.57 Å². The average Bonchev–Trinajstić information content (AvgIpc) is 2.65. The lowest BCUT2D eigenvalue weighted by atomic mass is 9.86. The number of hydrogen-bond acceptors (Lipinski definition) is 0. The summed E-state index contributed by atoms with van der Waals surface area (Å²) in [5.74, 6) is -6.01. The summed E-state index contributed by atoms with van der Waals surface area (Å²) in [7, 11) is 0. The van der Waals surface area contributed by atoms with Gasteiger partial charge in [0.1, 0.15) is 0 Å². The maximum Gasteiger partial charge on any atom is 0.198 e. The van der Waals surface area contributed by atoms with E-state index in [0.717, 1.165) is 0 Å². The molecule has 0 saturated heterocycles. The summed E-state index contributed by atoms with van der Waals surface area (Å²) >= 11 is 0. The van der Waals surface area contributed by atoms with E-state index in [-0.39, 0.29) is 23.0 Å². The lowest BCUT2D eigenvalue weighted by Gasteiger charge is -2.20. The van der Waals surface area contributed by atoms with Crippen molar-refractivity contribution in [1.29, 1.82) is 0 Å². The van der Waals surface area contributed by atoms with E-state index >= 15 is 0 Å². The van der Waals surface area contributed by atoms with Crippen molar-refractivity contribution in [3.8, 4) is 0 Å². The molecule has 0 fully saturated rings.